The number of rotatable bonds is 9. The van der Waals surface area contributed by atoms with Crippen molar-refractivity contribution in [3.05, 3.63) is 66.3 Å². The smallest absolute Gasteiger partial charge is 0.306 e. The van der Waals surface area contributed by atoms with E-state index in [-0.39, 0.29) is 12.8 Å². The molecule has 0 spiro atoms. The lowest BCUT2D eigenvalue weighted by Gasteiger charge is -2.02. The molecule has 0 bridgehead atoms. The molecule has 0 unspecified atom stereocenters. The Morgan fingerprint density at radius 3 is 2.35 bits per heavy atom. The van der Waals surface area contributed by atoms with Crippen molar-refractivity contribution in [1.82, 2.24) is 0 Å². The molecule has 1 rings (SSSR count). The second-order valence-corrected chi connectivity index (χ2v) is 5.69. The van der Waals surface area contributed by atoms with Crippen LogP contribution < -0.4 is 0 Å². The van der Waals surface area contributed by atoms with Gasteiger partial charge in [0.15, 0.2) is 0 Å². The number of unbranched alkanes of at least 4 members (excludes halogenated alkanes) is 1. The van der Waals surface area contributed by atoms with Crippen LogP contribution in [0.25, 0.3) is 5.57 Å². The summed E-state index contributed by atoms with van der Waals surface area (Å²) in [5.74, 6) is -1.40. The van der Waals surface area contributed by atoms with E-state index in [0.29, 0.717) is 6.61 Å². The lowest BCUT2D eigenvalue weighted by molar-refractivity contribution is -0.147. The molecule has 0 saturated carbocycles. The molecule has 0 saturated heterocycles. The molecule has 1 N–H and O–H groups in total. The third kappa shape index (κ3) is 11.8. The Labute approximate surface area is 156 Å². The molecule has 0 aromatic heterocycles. The van der Waals surface area contributed by atoms with Crippen LogP contribution in [-0.4, -0.2) is 23.7 Å². The van der Waals surface area contributed by atoms with E-state index in [9.17, 15) is 9.59 Å². The van der Waals surface area contributed by atoms with Gasteiger partial charge in [-0.1, -0.05) is 74.1 Å². The number of esters is 1. The summed E-state index contributed by atoms with van der Waals surface area (Å²) in [5.41, 5.74) is 3.71. The SMILES string of the molecule is C=C/C=C(\C=C/C)c1ccc(C)cc1.CCCCOC(=O)CCC(=O)O. The number of hydrogen-bond acceptors (Lipinski definition) is 3. The number of benzene rings is 1. The third-order valence-corrected chi connectivity index (χ3v) is 3.33. The number of aryl methyl sites for hydroxylation is 1. The van der Waals surface area contributed by atoms with Gasteiger partial charge in [-0.15, -0.1) is 0 Å². The first-order valence-electron chi connectivity index (χ1n) is 8.84. The molecule has 0 fully saturated rings. The summed E-state index contributed by atoms with van der Waals surface area (Å²) < 4.78 is 4.73. The zero-order valence-corrected chi connectivity index (χ0v) is 16.0. The van der Waals surface area contributed by atoms with Crippen molar-refractivity contribution < 1.29 is 19.4 Å². The second-order valence-electron chi connectivity index (χ2n) is 5.69. The number of carboxylic acid groups (broad SMARTS) is 1. The number of hydrogen-bond donors (Lipinski definition) is 1. The van der Waals surface area contributed by atoms with Crippen molar-refractivity contribution >= 4 is 17.5 Å². The van der Waals surface area contributed by atoms with Gasteiger partial charge in [-0.3, -0.25) is 9.59 Å². The first-order valence-corrected chi connectivity index (χ1v) is 8.84. The molecule has 1 aromatic carbocycles. The molecule has 0 atom stereocenters. The van der Waals surface area contributed by atoms with E-state index in [1.54, 1.807) is 0 Å². The summed E-state index contributed by atoms with van der Waals surface area (Å²) in [4.78, 5) is 20.8. The van der Waals surface area contributed by atoms with Crippen LogP contribution in [0.3, 0.4) is 0 Å². The number of allylic oxidation sites excluding steroid dienone is 5. The summed E-state index contributed by atoms with van der Waals surface area (Å²) in [6, 6.07) is 8.50. The maximum Gasteiger partial charge on any atom is 0.306 e. The molecule has 26 heavy (non-hydrogen) atoms. The Morgan fingerprint density at radius 1 is 1.19 bits per heavy atom. The predicted octanol–water partition coefficient (Wildman–Crippen LogP) is 5.34. The maximum atomic E-state index is 10.7. The quantitative estimate of drug-likeness (QED) is 0.368. The van der Waals surface area contributed by atoms with E-state index in [2.05, 4.69) is 43.8 Å². The highest BCUT2D eigenvalue weighted by Crippen LogP contribution is 2.16. The largest absolute Gasteiger partial charge is 0.481 e. The topological polar surface area (TPSA) is 63.6 Å². The van der Waals surface area contributed by atoms with E-state index in [4.69, 9.17) is 9.84 Å². The fourth-order valence-electron chi connectivity index (χ4n) is 1.91. The normalized spacial score (nSPS) is 10.8. The van der Waals surface area contributed by atoms with Crippen LogP contribution in [0, 0.1) is 6.92 Å². The number of carboxylic acids is 1. The minimum absolute atomic E-state index is 0.0287. The molecule has 1 aromatic rings. The molecular formula is C22H30O4. The third-order valence-electron chi connectivity index (χ3n) is 3.33. The van der Waals surface area contributed by atoms with Crippen molar-refractivity contribution in [2.45, 2.75) is 46.5 Å². The van der Waals surface area contributed by atoms with Gasteiger partial charge in [0, 0.05) is 0 Å². The first kappa shape index (κ1) is 23.4. The molecule has 0 amide bonds. The Balaban J connectivity index is 0.000000488. The average Bonchev–Trinajstić information content (AvgIpc) is 2.61. The van der Waals surface area contributed by atoms with Gasteiger partial charge in [-0.2, -0.15) is 0 Å². The molecule has 4 nitrogen and oxygen atoms in total. The van der Waals surface area contributed by atoms with Crippen LogP contribution in [0.15, 0.2) is 55.1 Å². The van der Waals surface area contributed by atoms with Crippen LogP contribution in [0.2, 0.25) is 0 Å². The molecule has 0 aliphatic rings. The Hall–Kier alpha value is -2.62. The highest BCUT2D eigenvalue weighted by molar-refractivity contribution is 5.76. The van der Waals surface area contributed by atoms with Gasteiger partial charge >= 0.3 is 11.9 Å². The molecule has 4 heteroatoms. The van der Waals surface area contributed by atoms with Gasteiger partial charge in [0.2, 0.25) is 0 Å². The molecule has 142 valence electrons. The average molecular weight is 358 g/mol. The monoisotopic (exact) mass is 358 g/mol. The summed E-state index contributed by atoms with van der Waals surface area (Å²) in [5, 5.41) is 8.23. The number of aliphatic carboxylic acids is 1. The minimum Gasteiger partial charge on any atom is -0.481 e. The first-order chi connectivity index (χ1) is 12.4. The summed E-state index contributed by atoms with van der Waals surface area (Å²) >= 11 is 0. The van der Waals surface area contributed by atoms with Gasteiger partial charge in [0.1, 0.15) is 0 Å². The minimum atomic E-state index is -0.970. The zero-order valence-electron chi connectivity index (χ0n) is 16.0. The number of carbonyl (C=O) groups excluding carboxylic acids is 1. The van der Waals surface area contributed by atoms with Crippen molar-refractivity contribution in [2.75, 3.05) is 6.61 Å². The van der Waals surface area contributed by atoms with Crippen LogP contribution in [-0.2, 0) is 14.3 Å². The predicted molar refractivity (Wildman–Crippen MR) is 107 cm³/mol. The molecule has 0 aliphatic heterocycles. The molecule has 0 heterocycles. The van der Waals surface area contributed by atoms with Crippen LogP contribution >= 0.6 is 0 Å². The van der Waals surface area contributed by atoms with E-state index >= 15 is 0 Å². The van der Waals surface area contributed by atoms with Gasteiger partial charge in [0.25, 0.3) is 0 Å². The van der Waals surface area contributed by atoms with E-state index < -0.39 is 11.9 Å². The summed E-state index contributed by atoms with van der Waals surface area (Å²) in [6.45, 7) is 10.2. The van der Waals surface area contributed by atoms with Crippen molar-refractivity contribution in [3.63, 3.8) is 0 Å². The Morgan fingerprint density at radius 2 is 1.85 bits per heavy atom. The van der Waals surface area contributed by atoms with Crippen LogP contribution in [0.1, 0.15) is 50.7 Å². The molecule has 0 aliphatic carbocycles. The number of ether oxygens (including phenoxy) is 1. The van der Waals surface area contributed by atoms with Gasteiger partial charge in [-0.05, 0) is 31.4 Å². The lowest BCUT2D eigenvalue weighted by atomic mass is 10.0. The second kappa shape index (κ2) is 14.7. The fraction of sp³-hybridized carbons (Fsp3) is 0.364. The highest BCUT2D eigenvalue weighted by atomic mass is 16.5. The van der Waals surface area contributed by atoms with Crippen molar-refractivity contribution in [2.24, 2.45) is 0 Å². The Bertz CT molecular complexity index is 610. The summed E-state index contributed by atoms with van der Waals surface area (Å²) in [6.07, 6.45) is 9.58. The van der Waals surface area contributed by atoms with Gasteiger partial charge in [0.05, 0.1) is 19.4 Å². The fourth-order valence-corrected chi connectivity index (χ4v) is 1.91. The van der Waals surface area contributed by atoms with E-state index in [1.807, 2.05) is 32.1 Å². The van der Waals surface area contributed by atoms with E-state index in [1.165, 1.54) is 16.7 Å². The number of carbonyl (C=O) groups is 2. The highest BCUT2D eigenvalue weighted by Gasteiger charge is 2.05. The van der Waals surface area contributed by atoms with Crippen LogP contribution in [0.5, 0.6) is 0 Å². The standard InChI is InChI=1S/C14H16.C8H14O4/c1-4-6-13(7-5-2)14-10-8-12(3)9-11-14;1-2-3-6-12-8(11)5-4-7(9)10/h4-11H,1H2,2-3H3;2-6H2,1H3,(H,9,10)/b7-5-,13-6+;. The Kier molecular flexibility index (Phi) is 13.2. The zero-order chi connectivity index (χ0) is 19.8. The maximum absolute atomic E-state index is 10.7. The van der Waals surface area contributed by atoms with Crippen molar-refractivity contribution in [3.8, 4) is 0 Å². The van der Waals surface area contributed by atoms with Crippen LogP contribution in [0.4, 0.5) is 0 Å². The molecular weight excluding hydrogens is 328 g/mol. The van der Waals surface area contributed by atoms with Crippen molar-refractivity contribution in [1.29, 1.82) is 0 Å². The lowest BCUT2D eigenvalue weighted by Crippen LogP contribution is -2.08. The van der Waals surface area contributed by atoms with E-state index in [0.717, 1.165) is 12.8 Å². The van der Waals surface area contributed by atoms with Gasteiger partial charge < -0.3 is 9.84 Å². The summed E-state index contributed by atoms with van der Waals surface area (Å²) in [7, 11) is 0. The van der Waals surface area contributed by atoms with Gasteiger partial charge in [-0.25, -0.2) is 0 Å². The molecule has 0 radical (unpaired) electrons.